The van der Waals surface area contributed by atoms with Crippen LogP contribution in [0.5, 0.6) is 0 Å². The molecule has 0 atom stereocenters. The Labute approximate surface area is 90.4 Å². The molecule has 0 aliphatic carbocycles. The molecule has 2 aromatic rings. The van der Waals surface area contributed by atoms with Gasteiger partial charge in [0, 0.05) is 18.6 Å². The van der Waals surface area contributed by atoms with Crippen molar-refractivity contribution >= 4 is 17.4 Å². The third-order valence-electron chi connectivity index (χ3n) is 1.67. The Bertz CT molecular complexity index is 500. The zero-order chi connectivity index (χ0) is 10.7. The number of nitriles is 1. The summed E-state index contributed by atoms with van der Waals surface area (Å²) in [5.74, 6) is 0. The van der Waals surface area contributed by atoms with Crippen molar-refractivity contribution in [1.29, 1.82) is 5.26 Å². The Balaban J connectivity index is 2.27. The zero-order valence-corrected chi connectivity index (χ0v) is 8.45. The van der Waals surface area contributed by atoms with Gasteiger partial charge in [0.1, 0.15) is 11.1 Å². The molecular formula is C9H7N5S. The molecule has 0 unspecified atom stereocenters. The molecule has 0 saturated heterocycles. The lowest BCUT2D eigenvalue weighted by atomic mass is 10.3. The van der Waals surface area contributed by atoms with E-state index < -0.39 is 0 Å². The van der Waals surface area contributed by atoms with Gasteiger partial charge in [-0.2, -0.15) is 5.26 Å². The van der Waals surface area contributed by atoms with Gasteiger partial charge in [-0.05, 0) is 17.8 Å². The van der Waals surface area contributed by atoms with Crippen molar-refractivity contribution in [1.82, 2.24) is 15.0 Å². The lowest BCUT2D eigenvalue weighted by Gasteiger charge is -2.01. The third-order valence-corrected chi connectivity index (χ3v) is 2.63. The van der Waals surface area contributed by atoms with Crippen molar-refractivity contribution in [3.63, 3.8) is 0 Å². The molecular weight excluding hydrogens is 210 g/mol. The molecule has 74 valence electrons. The molecule has 0 radical (unpaired) electrons. The SMILES string of the molecule is N#Cc1cnc(Sc2ncc[nH]2)c(N)c1. The van der Waals surface area contributed by atoms with E-state index >= 15 is 0 Å². The number of hydrogen-bond donors (Lipinski definition) is 2. The van der Waals surface area contributed by atoms with Crippen LogP contribution in [0, 0.1) is 11.3 Å². The molecule has 15 heavy (non-hydrogen) atoms. The Kier molecular flexibility index (Phi) is 2.56. The molecule has 0 bridgehead atoms. The Morgan fingerprint density at radius 2 is 2.33 bits per heavy atom. The number of nitrogens with zero attached hydrogens (tertiary/aromatic N) is 3. The average Bonchev–Trinajstić information content (AvgIpc) is 2.74. The first-order valence-corrected chi connectivity index (χ1v) is 4.94. The van der Waals surface area contributed by atoms with E-state index in [4.69, 9.17) is 11.0 Å². The standard InChI is InChI=1S/C9H7N5S/c10-4-6-3-7(11)8(14-5-6)15-9-12-1-2-13-9/h1-3,5H,11H2,(H,12,13). The van der Waals surface area contributed by atoms with Gasteiger partial charge in [0.15, 0.2) is 5.16 Å². The molecule has 0 aromatic carbocycles. The number of rotatable bonds is 2. The first kappa shape index (κ1) is 9.55. The van der Waals surface area contributed by atoms with Crippen molar-refractivity contribution in [2.24, 2.45) is 0 Å². The van der Waals surface area contributed by atoms with Gasteiger partial charge < -0.3 is 10.7 Å². The lowest BCUT2D eigenvalue weighted by Crippen LogP contribution is -1.93. The highest BCUT2D eigenvalue weighted by Crippen LogP contribution is 2.27. The molecule has 2 rings (SSSR count). The number of nitrogens with two attached hydrogens (primary N) is 1. The summed E-state index contributed by atoms with van der Waals surface area (Å²) in [5, 5.41) is 10.0. The van der Waals surface area contributed by atoms with Gasteiger partial charge in [-0.15, -0.1) is 0 Å². The Hall–Kier alpha value is -2.00. The number of hydrogen-bond acceptors (Lipinski definition) is 5. The molecule has 0 aliphatic rings. The van der Waals surface area contributed by atoms with Crippen LogP contribution in [-0.2, 0) is 0 Å². The smallest absolute Gasteiger partial charge is 0.171 e. The zero-order valence-electron chi connectivity index (χ0n) is 7.64. The highest BCUT2D eigenvalue weighted by Gasteiger charge is 2.05. The minimum absolute atomic E-state index is 0.455. The number of nitrogens with one attached hydrogen (secondary N) is 1. The number of anilines is 1. The van der Waals surface area contributed by atoms with Crippen molar-refractivity contribution in [3.05, 3.63) is 30.2 Å². The van der Waals surface area contributed by atoms with Crippen LogP contribution in [0.25, 0.3) is 0 Å². The van der Waals surface area contributed by atoms with Gasteiger partial charge in [0.25, 0.3) is 0 Å². The number of H-pyrrole nitrogens is 1. The largest absolute Gasteiger partial charge is 0.396 e. The summed E-state index contributed by atoms with van der Waals surface area (Å²) in [4.78, 5) is 11.1. The fourth-order valence-corrected chi connectivity index (χ4v) is 1.72. The van der Waals surface area contributed by atoms with E-state index in [2.05, 4.69) is 15.0 Å². The summed E-state index contributed by atoms with van der Waals surface area (Å²) in [5.41, 5.74) is 6.67. The van der Waals surface area contributed by atoms with Crippen LogP contribution in [0.2, 0.25) is 0 Å². The fourth-order valence-electron chi connectivity index (χ4n) is 1.01. The Morgan fingerprint density at radius 3 is 2.93 bits per heavy atom. The quantitative estimate of drug-likeness (QED) is 0.793. The monoisotopic (exact) mass is 217 g/mol. The molecule has 0 aliphatic heterocycles. The highest BCUT2D eigenvalue weighted by atomic mass is 32.2. The van der Waals surface area contributed by atoms with Gasteiger partial charge in [-0.25, -0.2) is 9.97 Å². The molecule has 2 aromatic heterocycles. The first-order valence-electron chi connectivity index (χ1n) is 4.12. The molecule has 6 heteroatoms. The number of aromatic nitrogens is 3. The van der Waals surface area contributed by atoms with Crippen LogP contribution in [-0.4, -0.2) is 15.0 Å². The minimum atomic E-state index is 0.455. The van der Waals surface area contributed by atoms with Crippen molar-refractivity contribution in [3.8, 4) is 6.07 Å². The van der Waals surface area contributed by atoms with Crippen molar-refractivity contribution < 1.29 is 0 Å². The highest BCUT2D eigenvalue weighted by molar-refractivity contribution is 7.99. The first-order chi connectivity index (χ1) is 7.29. The molecule has 3 N–H and O–H groups in total. The van der Waals surface area contributed by atoms with E-state index in [1.165, 1.54) is 18.0 Å². The van der Waals surface area contributed by atoms with Crippen LogP contribution in [0.4, 0.5) is 5.69 Å². The van der Waals surface area contributed by atoms with Crippen LogP contribution in [0.3, 0.4) is 0 Å². The van der Waals surface area contributed by atoms with E-state index in [-0.39, 0.29) is 0 Å². The number of nitrogen functional groups attached to an aromatic ring is 1. The minimum Gasteiger partial charge on any atom is -0.396 e. The van der Waals surface area contributed by atoms with Gasteiger partial charge in [-0.1, -0.05) is 0 Å². The van der Waals surface area contributed by atoms with Gasteiger partial charge in [0.2, 0.25) is 0 Å². The topological polar surface area (TPSA) is 91.4 Å². The molecule has 0 spiro atoms. The van der Waals surface area contributed by atoms with E-state index in [0.29, 0.717) is 16.3 Å². The molecule has 5 nitrogen and oxygen atoms in total. The summed E-state index contributed by atoms with van der Waals surface area (Å²) in [7, 11) is 0. The number of imidazole rings is 1. The molecule has 0 fully saturated rings. The maximum absolute atomic E-state index is 8.64. The van der Waals surface area contributed by atoms with Crippen molar-refractivity contribution in [2.75, 3.05) is 5.73 Å². The normalized spacial score (nSPS) is 9.80. The predicted molar refractivity (Wildman–Crippen MR) is 56.1 cm³/mol. The van der Waals surface area contributed by atoms with Crippen molar-refractivity contribution in [2.45, 2.75) is 10.2 Å². The summed E-state index contributed by atoms with van der Waals surface area (Å²) in [6.45, 7) is 0. The van der Waals surface area contributed by atoms with E-state index in [9.17, 15) is 0 Å². The van der Waals surface area contributed by atoms with Crippen LogP contribution in [0.15, 0.2) is 34.8 Å². The average molecular weight is 217 g/mol. The van der Waals surface area contributed by atoms with Crippen LogP contribution in [0.1, 0.15) is 5.56 Å². The van der Waals surface area contributed by atoms with Crippen LogP contribution < -0.4 is 5.73 Å². The number of aromatic amines is 1. The molecule has 0 saturated carbocycles. The predicted octanol–water partition coefficient (Wildman–Crippen LogP) is 1.41. The summed E-state index contributed by atoms with van der Waals surface area (Å²) < 4.78 is 0. The van der Waals surface area contributed by atoms with Gasteiger partial charge in [-0.3, -0.25) is 0 Å². The maximum atomic E-state index is 8.64. The second-order valence-corrected chi connectivity index (χ2v) is 3.70. The van der Waals surface area contributed by atoms with E-state index in [1.54, 1.807) is 18.5 Å². The maximum Gasteiger partial charge on any atom is 0.171 e. The summed E-state index contributed by atoms with van der Waals surface area (Å²) in [6.07, 6.45) is 4.87. The second kappa shape index (κ2) is 4.02. The summed E-state index contributed by atoms with van der Waals surface area (Å²) in [6, 6.07) is 3.57. The molecule has 0 amide bonds. The van der Waals surface area contributed by atoms with Crippen LogP contribution >= 0.6 is 11.8 Å². The lowest BCUT2D eigenvalue weighted by molar-refractivity contribution is 1.04. The third kappa shape index (κ3) is 2.08. The Morgan fingerprint density at radius 1 is 1.47 bits per heavy atom. The van der Waals surface area contributed by atoms with Gasteiger partial charge >= 0.3 is 0 Å². The van der Waals surface area contributed by atoms with E-state index in [1.807, 2.05) is 6.07 Å². The van der Waals surface area contributed by atoms with Gasteiger partial charge in [0.05, 0.1) is 11.3 Å². The number of pyridine rings is 1. The van der Waals surface area contributed by atoms with E-state index in [0.717, 1.165) is 5.16 Å². The molecule has 2 heterocycles. The summed E-state index contributed by atoms with van der Waals surface area (Å²) >= 11 is 1.33. The second-order valence-electron chi connectivity index (χ2n) is 2.73. The fraction of sp³-hybridized carbons (Fsp3) is 0.